The summed E-state index contributed by atoms with van der Waals surface area (Å²) >= 11 is 1.67. The Balaban J connectivity index is 1.69. The minimum Gasteiger partial charge on any atom is -0.349 e. The Hall–Kier alpha value is -2.60. The normalized spacial score (nSPS) is 11.0. The van der Waals surface area contributed by atoms with E-state index in [-0.39, 0.29) is 5.91 Å². The van der Waals surface area contributed by atoms with Crippen LogP contribution in [0.3, 0.4) is 0 Å². The van der Waals surface area contributed by atoms with Crippen LogP contribution in [0.15, 0.2) is 53.7 Å². The number of aromatic nitrogens is 3. The van der Waals surface area contributed by atoms with Crippen LogP contribution in [0.1, 0.15) is 68.0 Å². The zero-order valence-corrected chi connectivity index (χ0v) is 20.3. The van der Waals surface area contributed by atoms with Gasteiger partial charge in [0.25, 0.3) is 0 Å². The highest BCUT2D eigenvalue weighted by molar-refractivity contribution is 7.98. The number of hydrogen-bond acceptors (Lipinski definition) is 4. The molecule has 0 aliphatic carbocycles. The van der Waals surface area contributed by atoms with Gasteiger partial charge in [0.1, 0.15) is 0 Å². The Labute approximate surface area is 196 Å². The van der Waals surface area contributed by atoms with Crippen molar-refractivity contribution in [2.24, 2.45) is 0 Å². The Morgan fingerprint density at radius 2 is 1.72 bits per heavy atom. The van der Waals surface area contributed by atoms with Gasteiger partial charge in [-0.25, -0.2) is 0 Å². The number of unbranched alkanes of at least 4 members (excludes halogenated alkanes) is 4. The molecule has 0 fully saturated rings. The second-order valence-electron chi connectivity index (χ2n) is 8.23. The maximum absolute atomic E-state index is 12.3. The predicted molar refractivity (Wildman–Crippen MR) is 132 cm³/mol. The summed E-state index contributed by atoms with van der Waals surface area (Å²) in [6, 6.07) is 16.7. The standard InChI is InChI=1S/C26H34N4OS/c1-4-5-6-7-8-13-25(31)27-18-24-28-29-26(30(24)23-16-14-20(2)15-17-23)32-19-22-12-10-9-11-21(22)3/h9-12,14-17H,4-8,13,18-19H2,1-3H3,(H,27,31). The number of rotatable bonds is 12. The van der Waals surface area contributed by atoms with E-state index in [0.717, 1.165) is 35.3 Å². The van der Waals surface area contributed by atoms with Gasteiger partial charge >= 0.3 is 0 Å². The summed E-state index contributed by atoms with van der Waals surface area (Å²) in [6.07, 6.45) is 6.27. The number of benzene rings is 2. The van der Waals surface area contributed by atoms with Crippen molar-refractivity contribution in [1.29, 1.82) is 0 Å². The summed E-state index contributed by atoms with van der Waals surface area (Å²) < 4.78 is 2.06. The van der Waals surface area contributed by atoms with E-state index in [9.17, 15) is 4.79 Å². The van der Waals surface area contributed by atoms with E-state index in [1.165, 1.54) is 36.0 Å². The van der Waals surface area contributed by atoms with Crippen LogP contribution in [0.4, 0.5) is 0 Å². The van der Waals surface area contributed by atoms with E-state index in [2.05, 4.69) is 89.4 Å². The molecule has 1 heterocycles. The molecule has 5 nitrogen and oxygen atoms in total. The number of carbonyl (C=O) groups is 1. The summed E-state index contributed by atoms with van der Waals surface area (Å²) in [6.45, 7) is 6.78. The van der Waals surface area contributed by atoms with Gasteiger partial charge < -0.3 is 5.32 Å². The third-order valence-corrected chi connectivity index (χ3v) is 6.54. The molecule has 2 aromatic carbocycles. The zero-order chi connectivity index (χ0) is 22.8. The fourth-order valence-corrected chi connectivity index (χ4v) is 4.58. The van der Waals surface area contributed by atoms with E-state index in [1.807, 2.05) is 0 Å². The Bertz CT molecular complexity index is 997. The maximum Gasteiger partial charge on any atom is 0.220 e. The molecule has 1 N–H and O–H groups in total. The van der Waals surface area contributed by atoms with Crippen molar-refractivity contribution in [2.45, 2.75) is 76.8 Å². The molecule has 0 unspecified atom stereocenters. The van der Waals surface area contributed by atoms with Gasteiger partial charge in [-0.2, -0.15) is 0 Å². The molecular formula is C26H34N4OS. The molecule has 1 amide bonds. The lowest BCUT2D eigenvalue weighted by Gasteiger charge is -2.12. The third-order valence-electron chi connectivity index (χ3n) is 5.56. The van der Waals surface area contributed by atoms with Crippen molar-refractivity contribution in [1.82, 2.24) is 20.1 Å². The van der Waals surface area contributed by atoms with Gasteiger partial charge in [-0.05, 0) is 43.5 Å². The second-order valence-corrected chi connectivity index (χ2v) is 9.17. The molecule has 3 aromatic rings. The van der Waals surface area contributed by atoms with Gasteiger partial charge in [-0.15, -0.1) is 10.2 Å². The van der Waals surface area contributed by atoms with Crippen LogP contribution in [-0.4, -0.2) is 20.7 Å². The number of thioether (sulfide) groups is 1. The summed E-state index contributed by atoms with van der Waals surface area (Å²) in [4.78, 5) is 12.3. The van der Waals surface area contributed by atoms with Crippen LogP contribution in [0.2, 0.25) is 0 Å². The van der Waals surface area contributed by atoms with Crippen LogP contribution in [-0.2, 0) is 17.1 Å². The average molecular weight is 451 g/mol. The smallest absolute Gasteiger partial charge is 0.220 e. The molecule has 0 atom stereocenters. The first-order chi connectivity index (χ1) is 15.6. The number of amides is 1. The van der Waals surface area contributed by atoms with E-state index in [0.29, 0.717) is 13.0 Å². The lowest BCUT2D eigenvalue weighted by atomic mass is 10.1. The highest BCUT2D eigenvalue weighted by Crippen LogP contribution is 2.26. The Morgan fingerprint density at radius 3 is 2.47 bits per heavy atom. The summed E-state index contributed by atoms with van der Waals surface area (Å²) in [5, 5.41) is 12.7. The van der Waals surface area contributed by atoms with Crippen molar-refractivity contribution >= 4 is 17.7 Å². The molecule has 0 bridgehead atoms. The van der Waals surface area contributed by atoms with E-state index < -0.39 is 0 Å². The van der Waals surface area contributed by atoms with E-state index in [1.54, 1.807) is 11.8 Å². The van der Waals surface area contributed by atoms with Crippen LogP contribution in [0.5, 0.6) is 0 Å². The van der Waals surface area contributed by atoms with Crippen molar-refractivity contribution in [2.75, 3.05) is 0 Å². The number of nitrogens with zero attached hydrogens (tertiary/aromatic N) is 3. The average Bonchev–Trinajstić information content (AvgIpc) is 3.20. The molecule has 3 rings (SSSR count). The lowest BCUT2D eigenvalue weighted by molar-refractivity contribution is -0.121. The van der Waals surface area contributed by atoms with Gasteiger partial charge in [0.2, 0.25) is 5.91 Å². The quantitative estimate of drug-likeness (QED) is 0.265. The molecule has 0 aliphatic rings. The fourth-order valence-electron chi connectivity index (χ4n) is 3.53. The molecule has 0 aliphatic heterocycles. The predicted octanol–water partition coefficient (Wildman–Crippen LogP) is 6.15. The molecule has 6 heteroatoms. The highest BCUT2D eigenvalue weighted by Gasteiger charge is 2.16. The fraction of sp³-hybridized carbons (Fsp3) is 0.423. The maximum atomic E-state index is 12.3. The lowest BCUT2D eigenvalue weighted by Crippen LogP contribution is -2.24. The monoisotopic (exact) mass is 450 g/mol. The number of nitrogens with one attached hydrogen (secondary N) is 1. The van der Waals surface area contributed by atoms with Crippen molar-refractivity contribution < 1.29 is 4.79 Å². The van der Waals surface area contributed by atoms with Crippen LogP contribution >= 0.6 is 11.8 Å². The Kier molecular flexibility index (Phi) is 9.35. The van der Waals surface area contributed by atoms with Crippen LogP contribution in [0, 0.1) is 13.8 Å². The molecule has 1 aromatic heterocycles. The summed E-state index contributed by atoms with van der Waals surface area (Å²) in [5.41, 5.74) is 4.77. The third kappa shape index (κ3) is 6.95. The second kappa shape index (κ2) is 12.4. The minimum absolute atomic E-state index is 0.0778. The first-order valence-corrected chi connectivity index (χ1v) is 12.5. The molecule has 0 radical (unpaired) electrons. The summed E-state index contributed by atoms with van der Waals surface area (Å²) in [5.74, 6) is 1.65. The van der Waals surface area contributed by atoms with Crippen molar-refractivity contribution in [3.8, 4) is 5.69 Å². The van der Waals surface area contributed by atoms with Gasteiger partial charge in [-0.3, -0.25) is 9.36 Å². The van der Waals surface area contributed by atoms with E-state index in [4.69, 9.17) is 0 Å². The van der Waals surface area contributed by atoms with Gasteiger partial charge in [-0.1, -0.05) is 86.3 Å². The topological polar surface area (TPSA) is 59.8 Å². The highest BCUT2D eigenvalue weighted by atomic mass is 32.2. The first kappa shape index (κ1) is 24.1. The first-order valence-electron chi connectivity index (χ1n) is 11.5. The summed E-state index contributed by atoms with van der Waals surface area (Å²) in [7, 11) is 0. The van der Waals surface area contributed by atoms with Crippen molar-refractivity contribution in [3.63, 3.8) is 0 Å². The van der Waals surface area contributed by atoms with Gasteiger partial charge in [0.15, 0.2) is 11.0 Å². The number of carbonyl (C=O) groups excluding carboxylic acids is 1. The Morgan fingerprint density at radius 1 is 0.969 bits per heavy atom. The number of aryl methyl sites for hydroxylation is 2. The molecule has 170 valence electrons. The van der Waals surface area contributed by atoms with Gasteiger partial charge in [0, 0.05) is 17.9 Å². The SMILES string of the molecule is CCCCCCCC(=O)NCc1nnc(SCc2ccccc2C)n1-c1ccc(C)cc1. The minimum atomic E-state index is 0.0778. The largest absolute Gasteiger partial charge is 0.349 e. The molecule has 0 saturated heterocycles. The zero-order valence-electron chi connectivity index (χ0n) is 19.4. The molecule has 0 spiro atoms. The molecule has 32 heavy (non-hydrogen) atoms. The van der Waals surface area contributed by atoms with Crippen LogP contribution in [0.25, 0.3) is 5.69 Å². The van der Waals surface area contributed by atoms with E-state index >= 15 is 0 Å². The molecule has 0 saturated carbocycles. The van der Waals surface area contributed by atoms with Gasteiger partial charge in [0.05, 0.1) is 6.54 Å². The molecular weight excluding hydrogens is 416 g/mol. The number of hydrogen-bond donors (Lipinski definition) is 1. The van der Waals surface area contributed by atoms with Crippen LogP contribution < -0.4 is 5.32 Å². The van der Waals surface area contributed by atoms with Crippen molar-refractivity contribution in [3.05, 3.63) is 71.0 Å².